The van der Waals surface area contributed by atoms with Crippen LogP contribution in [0.25, 0.3) is 10.9 Å². The van der Waals surface area contributed by atoms with Gasteiger partial charge in [-0.1, -0.05) is 32.1 Å². The molecule has 1 fully saturated rings. The van der Waals surface area contributed by atoms with Crippen molar-refractivity contribution in [2.45, 2.75) is 58.5 Å². The number of hydrogen-bond donors (Lipinski definition) is 2. The average molecular weight is 536 g/mol. The lowest BCUT2D eigenvalue weighted by Crippen LogP contribution is -2.26. The van der Waals surface area contributed by atoms with Gasteiger partial charge >= 0.3 is 0 Å². The van der Waals surface area contributed by atoms with Gasteiger partial charge in [-0.25, -0.2) is 28.4 Å². The highest BCUT2D eigenvalue weighted by Crippen LogP contribution is 2.48. The van der Waals surface area contributed by atoms with Crippen molar-refractivity contribution < 1.29 is 13.2 Å². The molecule has 1 unspecified atom stereocenters. The molecule has 202 valence electrons. The first kappa shape index (κ1) is 26.3. The summed E-state index contributed by atoms with van der Waals surface area (Å²) in [5, 5.41) is 25.5. The quantitative estimate of drug-likeness (QED) is 0.290. The summed E-state index contributed by atoms with van der Waals surface area (Å²) < 4.78 is 42.6. The number of nitrogens with zero attached hydrogens (tertiary/aromatic N) is 7. The molecule has 0 saturated heterocycles. The van der Waals surface area contributed by atoms with E-state index < -0.39 is 24.0 Å². The van der Waals surface area contributed by atoms with Gasteiger partial charge < -0.3 is 10.6 Å². The van der Waals surface area contributed by atoms with Gasteiger partial charge in [-0.15, -0.1) is 5.10 Å². The molecular formula is C27H28F3N9. The van der Waals surface area contributed by atoms with Crippen LogP contribution in [0.3, 0.4) is 0 Å². The molecule has 4 aromatic rings. The van der Waals surface area contributed by atoms with Gasteiger partial charge in [-0.2, -0.15) is 9.65 Å². The number of pyridine rings is 1. The molecule has 5 rings (SSSR count). The lowest BCUT2D eigenvalue weighted by molar-refractivity contribution is 0.0593. The van der Waals surface area contributed by atoms with Crippen molar-refractivity contribution in [1.82, 2.24) is 29.9 Å². The molecule has 1 saturated carbocycles. The zero-order valence-electron chi connectivity index (χ0n) is 22.0. The Kier molecular flexibility index (Phi) is 6.62. The molecule has 0 radical (unpaired) electrons. The number of benzene rings is 1. The fourth-order valence-corrected chi connectivity index (χ4v) is 4.45. The second-order valence-electron chi connectivity index (χ2n) is 11.0. The van der Waals surface area contributed by atoms with E-state index in [-0.39, 0.29) is 5.41 Å². The van der Waals surface area contributed by atoms with Gasteiger partial charge in [0.05, 0.1) is 23.3 Å². The third-order valence-corrected chi connectivity index (χ3v) is 6.79. The highest BCUT2D eigenvalue weighted by molar-refractivity contribution is 5.95. The predicted molar refractivity (Wildman–Crippen MR) is 140 cm³/mol. The van der Waals surface area contributed by atoms with Crippen molar-refractivity contribution in [1.29, 1.82) is 5.26 Å². The van der Waals surface area contributed by atoms with E-state index in [9.17, 15) is 18.4 Å². The Hall–Kier alpha value is -4.27. The van der Waals surface area contributed by atoms with Crippen LogP contribution in [0.2, 0.25) is 0 Å². The number of rotatable bonds is 8. The zero-order valence-corrected chi connectivity index (χ0v) is 22.0. The van der Waals surface area contributed by atoms with E-state index in [1.165, 1.54) is 23.3 Å². The number of nitrogens with one attached hydrogen (secondary N) is 2. The minimum atomic E-state index is -2.58. The molecule has 39 heavy (non-hydrogen) atoms. The number of aryl methyl sites for hydroxylation is 1. The molecule has 2 N–H and O–H groups in total. The lowest BCUT2D eigenvalue weighted by atomic mass is 9.97. The molecule has 0 aliphatic heterocycles. The number of anilines is 2. The van der Waals surface area contributed by atoms with E-state index in [1.54, 1.807) is 19.1 Å². The first-order valence-electron chi connectivity index (χ1n) is 12.5. The van der Waals surface area contributed by atoms with Gasteiger partial charge in [0.1, 0.15) is 29.4 Å². The summed E-state index contributed by atoms with van der Waals surface area (Å²) in [4.78, 5) is 12.7. The number of aromatic nitrogens is 6. The van der Waals surface area contributed by atoms with Gasteiger partial charge in [0, 0.05) is 28.9 Å². The van der Waals surface area contributed by atoms with Crippen LogP contribution in [0.4, 0.5) is 24.7 Å². The summed E-state index contributed by atoms with van der Waals surface area (Å²) in [7, 11) is 0. The summed E-state index contributed by atoms with van der Waals surface area (Å²) >= 11 is 0. The second-order valence-corrected chi connectivity index (χ2v) is 11.0. The number of nitriles is 1. The maximum atomic E-state index is 13.9. The number of hydrogen-bond acceptors (Lipinski definition) is 8. The minimum absolute atomic E-state index is 0.0215. The molecule has 3 aromatic heterocycles. The summed E-state index contributed by atoms with van der Waals surface area (Å²) in [6.45, 7) is 8.56. The molecule has 0 spiro atoms. The van der Waals surface area contributed by atoms with Gasteiger partial charge in [0.15, 0.2) is 0 Å². The summed E-state index contributed by atoms with van der Waals surface area (Å²) in [5.41, 5.74) is 1.30. The van der Waals surface area contributed by atoms with Gasteiger partial charge in [0.25, 0.3) is 6.43 Å². The van der Waals surface area contributed by atoms with Crippen LogP contribution in [-0.4, -0.2) is 42.9 Å². The molecule has 0 bridgehead atoms. The Bertz CT molecular complexity index is 1570. The zero-order chi connectivity index (χ0) is 27.9. The number of alkyl halides is 2. The summed E-state index contributed by atoms with van der Waals surface area (Å²) in [6.07, 6.45) is 0.940. The van der Waals surface area contributed by atoms with Gasteiger partial charge in [-0.05, 0) is 43.4 Å². The first-order chi connectivity index (χ1) is 18.5. The maximum Gasteiger partial charge on any atom is 0.263 e. The first-order valence-corrected chi connectivity index (χ1v) is 12.5. The molecule has 1 aliphatic carbocycles. The standard InChI is InChI=1S/C27H28F3N9/c1-15-18(5-6-21(28)35-15)23(20-12-39(38-37-20)27(7-8-27)25(29)30)36-17-9-16(11-31)22-19(10-17)24(34-14-33-22)32-13-26(2,3)4/h5-6,9-10,12,14,23,25,36H,7-8,13H2,1-4H3,(H,32,33,34). The topological polar surface area (TPSA) is 117 Å². The Morgan fingerprint density at radius 2 is 1.95 bits per heavy atom. The van der Waals surface area contributed by atoms with Crippen molar-refractivity contribution in [2.75, 3.05) is 17.2 Å². The van der Waals surface area contributed by atoms with Crippen LogP contribution in [0.15, 0.2) is 36.8 Å². The van der Waals surface area contributed by atoms with E-state index >= 15 is 0 Å². The monoisotopic (exact) mass is 535 g/mol. The van der Waals surface area contributed by atoms with Crippen LogP contribution in [0.1, 0.15) is 62.2 Å². The van der Waals surface area contributed by atoms with Crippen LogP contribution < -0.4 is 10.6 Å². The second kappa shape index (κ2) is 9.80. The van der Waals surface area contributed by atoms with Crippen molar-refractivity contribution in [3.05, 3.63) is 65.3 Å². The Labute approximate surface area is 223 Å². The average Bonchev–Trinajstić information content (AvgIpc) is 3.56. The Morgan fingerprint density at radius 3 is 2.59 bits per heavy atom. The van der Waals surface area contributed by atoms with Crippen molar-refractivity contribution >= 4 is 22.4 Å². The van der Waals surface area contributed by atoms with E-state index in [4.69, 9.17) is 0 Å². The highest BCUT2D eigenvalue weighted by atomic mass is 19.3. The van der Waals surface area contributed by atoms with E-state index in [0.717, 1.165) is 0 Å². The van der Waals surface area contributed by atoms with Crippen LogP contribution in [0.5, 0.6) is 0 Å². The molecular weight excluding hydrogens is 507 g/mol. The molecule has 12 heteroatoms. The summed E-state index contributed by atoms with van der Waals surface area (Å²) in [5.74, 6) is -0.0673. The fraction of sp³-hybridized carbons (Fsp3) is 0.407. The number of halogens is 3. The fourth-order valence-electron chi connectivity index (χ4n) is 4.45. The predicted octanol–water partition coefficient (Wildman–Crippen LogP) is 5.35. The lowest BCUT2D eigenvalue weighted by Gasteiger charge is -2.22. The largest absolute Gasteiger partial charge is 0.373 e. The molecule has 1 aromatic carbocycles. The molecule has 0 amide bonds. The van der Waals surface area contributed by atoms with Gasteiger partial charge in [-0.3, -0.25) is 0 Å². The van der Waals surface area contributed by atoms with Gasteiger partial charge in [0.2, 0.25) is 5.95 Å². The van der Waals surface area contributed by atoms with Crippen LogP contribution in [0, 0.1) is 29.6 Å². The summed E-state index contributed by atoms with van der Waals surface area (Å²) in [6, 6.07) is 7.73. The van der Waals surface area contributed by atoms with Crippen molar-refractivity contribution in [3.8, 4) is 6.07 Å². The molecule has 3 heterocycles. The number of fused-ring (bicyclic) bond motifs is 1. The molecule has 1 atom stereocenters. The van der Waals surface area contributed by atoms with E-state index in [1.807, 2.05) is 6.07 Å². The Balaban J connectivity index is 1.59. The third-order valence-electron chi connectivity index (χ3n) is 6.79. The maximum absolute atomic E-state index is 13.9. The third kappa shape index (κ3) is 5.21. The van der Waals surface area contributed by atoms with Crippen molar-refractivity contribution in [3.63, 3.8) is 0 Å². The SMILES string of the molecule is Cc1nc(F)ccc1C(Nc1cc(C#N)c2ncnc(NCC(C)(C)C)c2c1)c1cn(C2(C(F)F)CC2)nn1. The van der Waals surface area contributed by atoms with Crippen LogP contribution in [-0.2, 0) is 5.54 Å². The van der Waals surface area contributed by atoms with Crippen molar-refractivity contribution in [2.24, 2.45) is 5.41 Å². The minimum Gasteiger partial charge on any atom is -0.373 e. The van der Waals surface area contributed by atoms with E-state index in [0.29, 0.717) is 64.3 Å². The van der Waals surface area contributed by atoms with Crippen LogP contribution >= 0.6 is 0 Å². The molecule has 9 nitrogen and oxygen atoms in total. The smallest absolute Gasteiger partial charge is 0.263 e. The highest BCUT2D eigenvalue weighted by Gasteiger charge is 2.54. The molecule has 1 aliphatic rings. The van der Waals surface area contributed by atoms with E-state index in [2.05, 4.69) is 62.7 Å². The Morgan fingerprint density at radius 1 is 1.18 bits per heavy atom. The normalized spacial score (nSPS) is 15.3.